The summed E-state index contributed by atoms with van der Waals surface area (Å²) in [5.74, 6) is -1.86. The Balaban J connectivity index is 2.00. The Labute approximate surface area is 145 Å². The standard InChI is InChI=1S/C16H10BrFN2O3S/c17-11-4-5-13(14(18)8-11)16(21)20-24(22,23)15-3-1-2-10-9-19-7-6-12(10)15/h1-9H,(H,20,21). The molecule has 1 heterocycles. The van der Waals surface area contributed by atoms with Crippen molar-refractivity contribution in [3.63, 3.8) is 0 Å². The Morgan fingerprint density at radius 2 is 1.96 bits per heavy atom. The lowest BCUT2D eigenvalue weighted by Gasteiger charge is -2.10. The van der Waals surface area contributed by atoms with Gasteiger partial charge in [-0.25, -0.2) is 17.5 Å². The largest absolute Gasteiger partial charge is 0.268 e. The second kappa shape index (κ2) is 6.29. The summed E-state index contributed by atoms with van der Waals surface area (Å²) in [7, 11) is -4.17. The van der Waals surface area contributed by atoms with Gasteiger partial charge < -0.3 is 0 Å². The number of carbonyl (C=O) groups is 1. The highest BCUT2D eigenvalue weighted by molar-refractivity contribution is 9.10. The van der Waals surface area contributed by atoms with E-state index in [9.17, 15) is 17.6 Å². The van der Waals surface area contributed by atoms with E-state index in [0.29, 0.717) is 15.2 Å². The summed E-state index contributed by atoms with van der Waals surface area (Å²) in [6.07, 6.45) is 2.97. The van der Waals surface area contributed by atoms with Crippen LogP contribution in [0.15, 0.2) is 64.2 Å². The van der Waals surface area contributed by atoms with E-state index in [1.165, 1.54) is 36.7 Å². The molecule has 0 saturated heterocycles. The van der Waals surface area contributed by atoms with Gasteiger partial charge in [0.1, 0.15) is 5.82 Å². The summed E-state index contributed by atoms with van der Waals surface area (Å²) >= 11 is 3.07. The van der Waals surface area contributed by atoms with Crippen molar-refractivity contribution in [1.82, 2.24) is 9.71 Å². The van der Waals surface area contributed by atoms with Crippen LogP contribution >= 0.6 is 15.9 Å². The molecule has 24 heavy (non-hydrogen) atoms. The highest BCUT2D eigenvalue weighted by Gasteiger charge is 2.22. The Morgan fingerprint density at radius 1 is 1.17 bits per heavy atom. The summed E-state index contributed by atoms with van der Waals surface area (Å²) in [6, 6.07) is 9.90. The number of halogens is 2. The topological polar surface area (TPSA) is 76.1 Å². The van der Waals surface area contributed by atoms with Gasteiger partial charge in [-0.2, -0.15) is 0 Å². The molecule has 0 radical (unpaired) electrons. The molecular weight excluding hydrogens is 399 g/mol. The number of aromatic nitrogens is 1. The van der Waals surface area contributed by atoms with Crippen LogP contribution in [-0.2, 0) is 10.0 Å². The van der Waals surface area contributed by atoms with Gasteiger partial charge in [0.15, 0.2) is 0 Å². The zero-order valence-electron chi connectivity index (χ0n) is 12.0. The van der Waals surface area contributed by atoms with Crippen molar-refractivity contribution in [3.8, 4) is 0 Å². The first-order valence-corrected chi connectivity index (χ1v) is 9.01. The van der Waals surface area contributed by atoms with E-state index in [2.05, 4.69) is 20.9 Å². The van der Waals surface area contributed by atoms with Gasteiger partial charge in [0.25, 0.3) is 15.9 Å². The summed E-state index contributed by atoms with van der Waals surface area (Å²) in [4.78, 5) is 16.0. The number of nitrogens with one attached hydrogen (secondary N) is 1. The van der Waals surface area contributed by atoms with Crippen molar-refractivity contribution in [2.24, 2.45) is 0 Å². The van der Waals surface area contributed by atoms with Gasteiger partial charge in [0.2, 0.25) is 0 Å². The quantitative estimate of drug-likeness (QED) is 0.721. The molecular formula is C16H10BrFN2O3S. The third-order valence-corrected chi connectivity index (χ3v) is 5.22. The number of amides is 1. The van der Waals surface area contributed by atoms with E-state index >= 15 is 0 Å². The predicted octanol–water partition coefficient (Wildman–Crippen LogP) is 3.26. The minimum atomic E-state index is -4.17. The molecule has 3 aromatic rings. The van der Waals surface area contributed by atoms with Crippen LogP contribution < -0.4 is 4.72 Å². The predicted molar refractivity (Wildman–Crippen MR) is 90.5 cm³/mol. The molecule has 0 saturated carbocycles. The number of hydrogen-bond acceptors (Lipinski definition) is 4. The van der Waals surface area contributed by atoms with Crippen molar-refractivity contribution < 1.29 is 17.6 Å². The van der Waals surface area contributed by atoms with Gasteiger partial charge in [-0.3, -0.25) is 9.78 Å². The molecule has 122 valence electrons. The van der Waals surface area contributed by atoms with Gasteiger partial charge in [-0.1, -0.05) is 28.1 Å². The average Bonchev–Trinajstić information content (AvgIpc) is 2.53. The summed E-state index contributed by atoms with van der Waals surface area (Å²) in [6.45, 7) is 0. The molecule has 1 amide bonds. The molecule has 0 aliphatic rings. The van der Waals surface area contributed by atoms with Crippen molar-refractivity contribution in [1.29, 1.82) is 0 Å². The lowest BCUT2D eigenvalue weighted by atomic mass is 10.2. The molecule has 0 atom stereocenters. The number of carbonyl (C=O) groups excluding carboxylic acids is 1. The molecule has 3 rings (SSSR count). The van der Waals surface area contributed by atoms with Gasteiger partial charge in [0, 0.05) is 27.6 Å². The normalized spacial score (nSPS) is 11.4. The number of pyridine rings is 1. The average molecular weight is 409 g/mol. The van der Waals surface area contributed by atoms with Crippen LogP contribution in [0.25, 0.3) is 10.8 Å². The molecule has 0 fully saturated rings. The van der Waals surface area contributed by atoms with Crippen molar-refractivity contribution in [3.05, 3.63) is 70.7 Å². The van der Waals surface area contributed by atoms with E-state index in [1.54, 1.807) is 12.1 Å². The van der Waals surface area contributed by atoms with Crippen LogP contribution in [-0.4, -0.2) is 19.3 Å². The van der Waals surface area contributed by atoms with E-state index in [1.807, 2.05) is 4.72 Å². The number of benzene rings is 2. The van der Waals surface area contributed by atoms with Crippen LogP contribution in [0.3, 0.4) is 0 Å². The third kappa shape index (κ3) is 3.15. The van der Waals surface area contributed by atoms with Gasteiger partial charge >= 0.3 is 0 Å². The highest BCUT2D eigenvalue weighted by Crippen LogP contribution is 2.22. The zero-order chi connectivity index (χ0) is 17.3. The Bertz CT molecular complexity index is 1050. The fourth-order valence-corrected chi connectivity index (χ4v) is 3.76. The summed E-state index contributed by atoms with van der Waals surface area (Å²) in [5.41, 5.74) is -0.358. The van der Waals surface area contributed by atoms with Crippen LogP contribution in [0.1, 0.15) is 10.4 Å². The Morgan fingerprint density at radius 3 is 2.71 bits per heavy atom. The first-order valence-electron chi connectivity index (χ1n) is 6.73. The van der Waals surface area contributed by atoms with E-state index < -0.39 is 21.7 Å². The first kappa shape index (κ1) is 16.5. The van der Waals surface area contributed by atoms with Crippen LogP contribution in [0.5, 0.6) is 0 Å². The van der Waals surface area contributed by atoms with E-state index in [4.69, 9.17) is 0 Å². The molecule has 0 aliphatic heterocycles. The van der Waals surface area contributed by atoms with Gasteiger partial charge in [0.05, 0.1) is 10.5 Å². The zero-order valence-corrected chi connectivity index (χ0v) is 14.4. The van der Waals surface area contributed by atoms with Crippen LogP contribution in [0.4, 0.5) is 4.39 Å². The smallest absolute Gasteiger partial charge is 0.267 e. The minimum Gasteiger partial charge on any atom is -0.268 e. The fourth-order valence-electron chi connectivity index (χ4n) is 2.23. The first-order chi connectivity index (χ1) is 11.4. The molecule has 2 aromatic carbocycles. The molecule has 5 nitrogen and oxygen atoms in total. The lowest BCUT2D eigenvalue weighted by Crippen LogP contribution is -2.31. The third-order valence-electron chi connectivity index (χ3n) is 3.33. The van der Waals surface area contributed by atoms with Crippen LogP contribution in [0, 0.1) is 5.82 Å². The monoisotopic (exact) mass is 408 g/mol. The number of sulfonamides is 1. The Hall–Kier alpha value is -2.32. The molecule has 0 spiro atoms. The van der Waals surface area contributed by atoms with E-state index in [0.717, 1.165) is 6.07 Å². The van der Waals surface area contributed by atoms with E-state index in [-0.39, 0.29) is 10.5 Å². The molecule has 0 bridgehead atoms. The lowest BCUT2D eigenvalue weighted by molar-refractivity contribution is 0.0977. The maximum atomic E-state index is 13.8. The second-order valence-electron chi connectivity index (χ2n) is 4.91. The number of rotatable bonds is 3. The number of fused-ring (bicyclic) bond motifs is 1. The second-order valence-corrected chi connectivity index (χ2v) is 7.48. The molecule has 8 heteroatoms. The molecule has 1 N–H and O–H groups in total. The summed E-state index contributed by atoms with van der Waals surface area (Å²) in [5, 5.41) is 1.03. The summed E-state index contributed by atoms with van der Waals surface area (Å²) < 4.78 is 41.2. The number of hydrogen-bond donors (Lipinski definition) is 1. The number of nitrogens with zero attached hydrogens (tertiary/aromatic N) is 1. The maximum absolute atomic E-state index is 13.8. The van der Waals surface area contributed by atoms with Crippen LogP contribution in [0.2, 0.25) is 0 Å². The fraction of sp³-hybridized carbons (Fsp3) is 0. The van der Waals surface area contributed by atoms with Crippen molar-refractivity contribution in [2.45, 2.75) is 4.90 Å². The molecule has 1 aromatic heterocycles. The maximum Gasteiger partial charge on any atom is 0.267 e. The minimum absolute atomic E-state index is 0.0757. The van der Waals surface area contributed by atoms with Gasteiger partial charge in [-0.05, 0) is 30.3 Å². The Kier molecular flexibility index (Phi) is 4.33. The SMILES string of the molecule is O=C(NS(=O)(=O)c1cccc2cnccc12)c1ccc(Br)cc1F. The van der Waals surface area contributed by atoms with Crippen molar-refractivity contribution >= 4 is 42.6 Å². The highest BCUT2D eigenvalue weighted by atomic mass is 79.9. The molecule has 0 aliphatic carbocycles. The van der Waals surface area contributed by atoms with Gasteiger partial charge in [-0.15, -0.1) is 0 Å². The van der Waals surface area contributed by atoms with Crippen molar-refractivity contribution in [2.75, 3.05) is 0 Å². The molecule has 0 unspecified atom stereocenters.